The van der Waals surface area contributed by atoms with E-state index >= 15 is 0 Å². The van der Waals surface area contributed by atoms with Gasteiger partial charge in [-0.05, 0) is 23.8 Å². The molecule has 24 heavy (non-hydrogen) atoms. The normalized spacial score (nSPS) is 11.2. The van der Waals surface area contributed by atoms with Gasteiger partial charge in [0.05, 0.1) is 23.8 Å². The molecule has 0 radical (unpaired) electrons. The zero-order chi connectivity index (χ0) is 16.7. The predicted octanol–water partition coefficient (Wildman–Crippen LogP) is 2.92. The average molecular weight is 322 g/mol. The van der Waals surface area contributed by atoms with Crippen LogP contribution in [0.4, 0.5) is 4.39 Å². The van der Waals surface area contributed by atoms with E-state index < -0.39 is 0 Å². The summed E-state index contributed by atoms with van der Waals surface area (Å²) in [6, 6.07) is 12.4. The number of hydrogen-bond donors (Lipinski definition) is 1. The Bertz CT molecular complexity index is 1090. The molecule has 2 aromatic heterocycles. The van der Waals surface area contributed by atoms with Gasteiger partial charge in [0.25, 0.3) is 0 Å². The number of hydrogen-bond acceptors (Lipinski definition) is 2. The van der Waals surface area contributed by atoms with E-state index in [1.165, 1.54) is 10.6 Å². The first kappa shape index (κ1) is 14.4. The van der Waals surface area contributed by atoms with Crippen LogP contribution in [0.15, 0.2) is 59.7 Å². The summed E-state index contributed by atoms with van der Waals surface area (Å²) in [6.45, 7) is 0.183. The number of H-pyrrole nitrogens is 1. The largest absolute Gasteiger partial charge is 0.326 e. The van der Waals surface area contributed by atoms with E-state index in [-0.39, 0.29) is 18.1 Å². The number of nitrogens with zero attached hydrogens (tertiary/aromatic N) is 3. The summed E-state index contributed by atoms with van der Waals surface area (Å²) < 4.78 is 17.7. The molecule has 2 heterocycles. The summed E-state index contributed by atoms with van der Waals surface area (Å²) in [5, 5.41) is 4.10. The first-order valence-electron chi connectivity index (χ1n) is 7.57. The second kappa shape index (κ2) is 5.49. The van der Waals surface area contributed by atoms with Crippen molar-refractivity contribution in [1.29, 1.82) is 0 Å². The SMILES string of the molecule is Cn1cc(-c2ccc(Cn3c(=O)[nH]c4ccccc43)c(F)c2)cn1. The second-order valence-corrected chi connectivity index (χ2v) is 5.74. The van der Waals surface area contributed by atoms with E-state index in [2.05, 4.69) is 10.1 Å². The highest BCUT2D eigenvalue weighted by atomic mass is 19.1. The molecule has 0 saturated carbocycles. The molecule has 0 aliphatic rings. The molecule has 0 unspecified atom stereocenters. The van der Waals surface area contributed by atoms with Gasteiger partial charge in [-0.25, -0.2) is 9.18 Å². The number of rotatable bonds is 3. The van der Waals surface area contributed by atoms with E-state index in [0.717, 1.165) is 22.2 Å². The molecule has 0 bridgehead atoms. The molecular weight excluding hydrogens is 307 g/mol. The molecule has 120 valence electrons. The molecule has 0 atom stereocenters. The van der Waals surface area contributed by atoms with Gasteiger partial charge in [0.1, 0.15) is 5.82 Å². The third-order valence-corrected chi connectivity index (χ3v) is 4.10. The lowest BCUT2D eigenvalue weighted by molar-refractivity contribution is 0.599. The first-order valence-corrected chi connectivity index (χ1v) is 7.57. The van der Waals surface area contributed by atoms with E-state index in [1.807, 2.05) is 43.6 Å². The van der Waals surface area contributed by atoms with Crippen LogP contribution >= 0.6 is 0 Å². The highest BCUT2D eigenvalue weighted by Crippen LogP contribution is 2.22. The Hall–Kier alpha value is -3.15. The number of fused-ring (bicyclic) bond motifs is 1. The molecule has 2 aromatic carbocycles. The molecule has 1 N–H and O–H groups in total. The fraction of sp³-hybridized carbons (Fsp3) is 0.111. The van der Waals surface area contributed by atoms with Crippen LogP contribution in [0.2, 0.25) is 0 Å². The smallest absolute Gasteiger partial charge is 0.306 e. The number of aryl methyl sites for hydroxylation is 1. The second-order valence-electron chi connectivity index (χ2n) is 5.74. The van der Waals surface area contributed by atoms with Crippen molar-refractivity contribution in [2.75, 3.05) is 0 Å². The summed E-state index contributed by atoms with van der Waals surface area (Å²) in [5.41, 5.74) is 3.34. The van der Waals surface area contributed by atoms with Gasteiger partial charge in [0.2, 0.25) is 0 Å². The first-order chi connectivity index (χ1) is 11.6. The lowest BCUT2D eigenvalue weighted by Gasteiger charge is -2.07. The van der Waals surface area contributed by atoms with Crippen molar-refractivity contribution in [3.63, 3.8) is 0 Å². The molecule has 4 rings (SSSR count). The highest BCUT2D eigenvalue weighted by Gasteiger charge is 2.11. The maximum absolute atomic E-state index is 14.5. The Kier molecular flexibility index (Phi) is 3.30. The van der Waals surface area contributed by atoms with Crippen molar-refractivity contribution in [1.82, 2.24) is 19.3 Å². The Morgan fingerprint density at radius 1 is 1.17 bits per heavy atom. The molecular formula is C18H15FN4O. The Morgan fingerprint density at radius 2 is 2.00 bits per heavy atom. The number of imidazole rings is 1. The lowest BCUT2D eigenvalue weighted by atomic mass is 10.1. The molecule has 5 nitrogen and oxygen atoms in total. The van der Waals surface area contributed by atoms with Crippen LogP contribution in [0.1, 0.15) is 5.56 Å². The Morgan fingerprint density at radius 3 is 2.75 bits per heavy atom. The number of nitrogens with one attached hydrogen (secondary N) is 1. The molecule has 0 amide bonds. The van der Waals surface area contributed by atoms with Gasteiger partial charge in [-0.2, -0.15) is 5.10 Å². The minimum Gasteiger partial charge on any atom is -0.306 e. The fourth-order valence-electron chi connectivity index (χ4n) is 2.86. The highest BCUT2D eigenvalue weighted by molar-refractivity contribution is 5.75. The van der Waals surface area contributed by atoms with Crippen molar-refractivity contribution in [2.24, 2.45) is 7.05 Å². The minimum absolute atomic E-state index is 0.183. The Balaban J connectivity index is 1.72. The van der Waals surface area contributed by atoms with Gasteiger partial charge in [0, 0.05) is 24.4 Å². The van der Waals surface area contributed by atoms with E-state index in [1.54, 1.807) is 16.9 Å². The van der Waals surface area contributed by atoms with Gasteiger partial charge in [0.15, 0.2) is 0 Å². The lowest BCUT2D eigenvalue weighted by Crippen LogP contribution is -2.17. The molecule has 0 saturated heterocycles. The van der Waals surface area contributed by atoms with Crippen molar-refractivity contribution in [3.8, 4) is 11.1 Å². The summed E-state index contributed by atoms with van der Waals surface area (Å²) in [5.74, 6) is -0.339. The van der Waals surface area contributed by atoms with E-state index in [9.17, 15) is 9.18 Å². The maximum atomic E-state index is 14.5. The van der Waals surface area contributed by atoms with Crippen LogP contribution in [0.3, 0.4) is 0 Å². The third kappa shape index (κ3) is 2.42. The van der Waals surface area contributed by atoms with Crippen molar-refractivity contribution >= 4 is 11.0 Å². The molecule has 4 aromatic rings. The molecule has 0 aliphatic heterocycles. The van der Waals surface area contributed by atoms with Crippen LogP contribution in [-0.2, 0) is 13.6 Å². The summed E-state index contributed by atoms with van der Waals surface area (Å²) in [7, 11) is 1.82. The standard InChI is InChI=1S/C18H15FN4O/c1-22-10-14(9-20-22)12-6-7-13(15(19)8-12)11-23-17-5-3-2-4-16(17)21-18(23)24/h2-10H,11H2,1H3,(H,21,24). The number of benzene rings is 2. The zero-order valence-corrected chi connectivity index (χ0v) is 13.0. The molecule has 0 spiro atoms. The summed E-state index contributed by atoms with van der Waals surface area (Å²) in [4.78, 5) is 14.9. The predicted molar refractivity (Wildman–Crippen MR) is 90.3 cm³/mol. The van der Waals surface area contributed by atoms with Crippen molar-refractivity contribution < 1.29 is 4.39 Å². The number of aromatic nitrogens is 4. The van der Waals surface area contributed by atoms with Crippen molar-refractivity contribution in [2.45, 2.75) is 6.54 Å². The van der Waals surface area contributed by atoms with Gasteiger partial charge in [-0.15, -0.1) is 0 Å². The van der Waals surface area contributed by atoms with Crippen LogP contribution in [-0.4, -0.2) is 19.3 Å². The number of aromatic amines is 1. The van der Waals surface area contributed by atoms with Gasteiger partial charge < -0.3 is 4.98 Å². The molecule has 6 heteroatoms. The van der Waals surface area contributed by atoms with Crippen LogP contribution < -0.4 is 5.69 Å². The number of para-hydroxylation sites is 2. The quantitative estimate of drug-likeness (QED) is 0.630. The summed E-state index contributed by atoms with van der Waals surface area (Å²) in [6.07, 6.45) is 3.53. The van der Waals surface area contributed by atoms with Crippen LogP contribution in [0.5, 0.6) is 0 Å². The average Bonchev–Trinajstić information content (AvgIpc) is 3.13. The zero-order valence-electron chi connectivity index (χ0n) is 13.0. The molecule has 0 aliphatic carbocycles. The fourth-order valence-corrected chi connectivity index (χ4v) is 2.86. The van der Waals surface area contributed by atoms with Crippen LogP contribution in [0.25, 0.3) is 22.2 Å². The molecule has 0 fully saturated rings. The Labute approximate surface area is 137 Å². The monoisotopic (exact) mass is 322 g/mol. The van der Waals surface area contributed by atoms with Gasteiger partial charge >= 0.3 is 5.69 Å². The van der Waals surface area contributed by atoms with Crippen LogP contribution in [0, 0.1) is 5.82 Å². The maximum Gasteiger partial charge on any atom is 0.326 e. The van der Waals surface area contributed by atoms with Gasteiger partial charge in [-0.3, -0.25) is 9.25 Å². The number of halogens is 1. The van der Waals surface area contributed by atoms with E-state index in [0.29, 0.717) is 5.56 Å². The van der Waals surface area contributed by atoms with E-state index in [4.69, 9.17) is 0 Å². The minimum atomic E-state index is -0.339. The summed E-state index contributed by atoms with van der Waals surface area (Å²) >= 11 is 0. The third-order valence-electron chi connectivity index (χ3n) is 4.10. The van der Waals surface area contributed by atoms with Gasteiger partial charge in [-0.1, -0.05) is 24.3 Å². The van der Waals surface area contributed by atoms with Crippen molar-refractivity contribution in [3.05, 3.63) is 76.7 Å². The topological polar surface area (TPSA) is 55.6 Å².